The molecule has 0 saturated heterocycles. The molecule has 0 bridgehead atoms. The van der Waals surface area contributed by atoms with Crippen LogP contribution >= 0.6 is 35.7 Å². The summed E-state index contributed by atoms with van der Waals surface area (Å²) in [6.07, 6.45) is 2.09. The van der Waals surface area contributed by atoms with E-state index in [1.54, 1.807) is 18.8 Å². The van der Waals surface area contributed by atoms with E-state index in [1.807, 2.05) is 20.8 Å². The molecular weight excluding hydrogens is 399 g/mol. The number of nitrogens with zero attached hydrogens (tertiary/aromatic N) is 1. The Labute approximate surface area is 150 Å². The molecule has 0 aromatic carbocycles. The zero-order valence-electron chi connectivity index (χ0n) is 14.3. The van der Waals surface area contributed by atoms with E-state index in [4.69, 9.17) is 0 Å². The third kappa shape index (κ3) is 9.44. The second-order valence-electron chi connectivity index (χ2n) is 5.99. The molecule has 0 fully saturated rings. The summed E-state index contributed by atoms with van der Waals surface area (Å²) in [6.45, 7) is 12.1. The molecule has 0 aliphatic carbocycles. The van der Waals surface area contributed by atoms with E-state index >= 15 is 0 Å². The lowest BCUT2D eigenvalue weighted by molar-refractivity contribution is -0.128. The third-order valence-electron chi connectivity index (χ3n) is 3.11. The van der Waals surface area contributed by atoms with Crippen molar-refractivity contribution in [2.45, 2.75) is 39.4 Å². The maximum absolute atomic E-state index is 11.9. The van der Waals surface area contributed by atoms with Gasteiger partial charge in [-0.05, 0) is 40.9 Å². The molecular formula is C14H31IN4OS. The largest absolute Gasteiger partial charge is 0.356 e. The molecule has 0 atom stereocenters. The summed E-state index contributed by atoms with van der Waals surface area (Å²) in [5.74, 6) is 0.775. The van der Waals surface area contributed by atoms with Crippen LogP contribution in [0.5, 0.6) is 0 Å². The van der Waals surface area contributed by atoms with Gasteiger partial charge in [-0.15, -0.1) is 24.0 Å². The number of hydrogen-bond acceptors (Lipinski definition) is 3. The molecule has 0 spiro atoms. The Morgan fingerprint density at radius 3 is 2.05 bits per heavy atom. The number of thioether (sulfide) groups is 1. The van der Waals surface area contributed by atoms with Crippen molar-refractivity contribution in [3.8, 4) is 0 Å². The van der Waals surface area contributed by atoms with Gasteiger partial charge in [0.2, 0.25) is 5.91 Å². The van der Waals surface area contributed by atoms with Gasteiger partial charge in [0.15, 0.2) is 5.96 Å². The number of amides is 1. The van der Waals surface area contributed by atoms with E-state index in [1.165, 1.54) is 0 Å². The maximum Gasteiger partial charge on any atom is 0.227 e. The van der Waals surface area contributed by atoms with Crippen molar-refractivity contribution >= 4 is 47.6 Å². The highest BCUT2D eigenvalue weighted by molar-refractivity contribution is 14.0. The summed E-state index contributed by atoms with van der Waals surface area (Å²) in [4.78, 5) is 16.1. The molecule has 0 heterocycles. The van der Waals surface area contributed by atoms with E-state index in [-0.39, 0.29) is 34.6 Å². The normalized spacial score (nSPS) is 12.4. The molecule has 0 unspecified atom stereocenters. The van der Waals surface area contributed by atoms with Gasteiger partial charge in [0.05, 0.1) is 5.41 Å². The summed E-state index contributed by atoms with van der Waals surface area (Å²) in [5, 5.41) is 9.36. The highest BCUT2D eigenvalue weighted by Crippen LogP contribution is 2.19. The summed E-state index contributed by atoms with van der Waals surface area (Å²) in [7, 11) is 1.74. The molecule has 5 nitrogen and oxygen atoms in total. The van der Waals surface area contributed by atoms with E-state index in [9.17, 15) is 4.79 Å². The lowest BCUT2D eigenvalue weighted by Gasteiger charge is -2.27. The van der Waals surface area contributed by atoms with Crippen molar-refractivity contribution in [3.05, 3.63) is 0 Å². The topological polar surface area (TPSA) is 65.5 Å². The van der Waals surface area contributed by atoms with Gasteiger partial charge < -0.3 is 16.0 Å². The van der Waals surface area contributed by atoms with Crippen LogP contribution in [-0.4, -0.2) is 49.6 Å². The SMILES string of the molecule is CCNC(=O)C(C)(C)CNC(=NC)NCC(C)(C)SC.I. The predicted molar refractivity (Wildman–Crippen MR) is 105 cm³/mol. The number of aliphatic imine (C=N–C) groups is 1. The van der Waals surface area contributed by atoms with Gasteiger partial charge in [-0.3, -0.25) is 9.79 Å². The van der Waals surface area contributed by atoms with Gasteiger partial charge >= 0.3 is 0 Å². The number of carbonyl (C=O) groups is 1. The van der Waals surface area contributed by atoms with Gasteiger partial charge in [0, 0.05) is 31.4 Å². The molecule has 0 aliphatic heterocycles. The average molecular weight is 430 g/mol. The first-order valence-electron chi connectivity index (χ1n) is 6.96. The smallest absolute Gasteiger partial charge is 0.227 e. The molecule has 0 aromatic heterocycles. The first kappa shape index (κ1) is 23.1. The van der Waals surface area contributed by atoms with Gasteiger partial charge in [0.1, 0.15) is 0 Å². The molecule has 1 amide bonds. The zero-order valence-corrected chi connectivity index (χ0v) is 17.4. The minimum absolute atomic E-state index is 0. The van der Waals surface area contributed by atoms with Crippen molar-refractivity contribution in [2.75, 3.05) is 32.9 Å². The minimum atomic E-state index is -0.470. The number of carbonyl (C=O) groups excluding carboxylic acids is 1. The van der Waals surface area contributed by atoms with Crippen LogP contribution in [0.3, 0.4) is 0 Å². The van der Waals surface area contributed by atoms with E-state index < -0.39 is 5.41 Å². The van der Waals surface area contributed by atoms with Crippen LogP contribution in [0, 0.1) is 5.41 Å². The lowest BCUT2D eigenvalue weighted by atomic mass is 9.92. The second-order valence-corrected chi connectivity index (χ2v) is 7.50. The van der Waals surface area contributed by atoms with Crippen molar-refractivity contribution < 1.29 is 4.79 Å². The maximum atomic E-state index is 11.9. The lowest BCUT2D eigenvalue weighted by Crippen LogP contribution is -2.49. The highest BCUT2D eigenvalue weighted by atomic mass is 127. The zero-order chi connectivity index (χ0) is 15.8. The van der Waals surface area contributed by atoms with Crippen LogP contribution < -0.4 is 16.0 Å². The van der Waals surface area contributed by atoms with E-state index in [0.717, 1.165) is 12.5 Å². The summed E-state index contributed by atoms with van der Waals surface area (Å²) in [5.41, 5.74) is -0.470. The standard InChI is InChI=1S/C14H30N4OS.HI/c1-8-16-11(19)13(2,3)9-17-12(15-6)18-10-14(4,5)20-7;/h8-10H2,1-7H3,(H,16,19)(H2,15,17,18);1H. The molecule has 126 valence electrons. The van der Waals surface area contributed by atoms with Crippen LogP contribution in [0.2, 0.25) is 0 Å². The Balaban J connectivity index is 0. The highest BCUT2D eigenvalue weighted by Gasteiger charge is 2.27. The molecule has 7 heteroatoms. The Morgan fingerprint density at radius 2 is 1.62 bits per heavy atom. The molecule has 0 aliphatic rings. The Bertz CT molecular complexity index is 346. The van der Waals surface area contributed by atoms with Gasteiger partial charge in [0.25, 0.3) is 0 Å². The first-order valence-corrected chi connectivity index (χ1v) is 8.19. The quantitative estimate of drug-likeness (QED) is 0.329. The predicted octanol–water partition coefficient (Wildman–Crippen LogP) is 2.07. The van der Waals surface area contributed by atoms with E-state index in [2.05, 4.69) is 41.0 Å². The molecule has 0 aromatic rings. The molecule has 3 N–H and O–H groups in total. The van der Waals surface area contributed by atoms with Crippen LogP contribution in [-0.2, 0) is 4.79 Å². The molecule has 21 heavy (non-hydrogen) atoms. The van der Waals surface area contributed by atoms with Crippen molar-refractivity contribution in [2.24, 2.45) is 10.4 Å². The van der Waals surface area contributed by atoms with Crippen LogP contribution in [0.4, 0.5) is 0 Å². The van der Waals surface area contributed by atoms with Crippen LogP contribution in [0.1, 0.15) is 34.6 Å². The average Bonchev–Trinajstić information content (AvgIpc) is 2.39. The van der Waals surface area contributed by atoms with Crippen LogP contribution in [0.25, 0.3) is 0 Å². The Hall–Kier alpha value is -0.180. The minimum Gasteiger partial charge on any atom is -0.356 e. The second kappa shape index (κ2) is 10.5. The fourth-order valence-corrected chi connectivity index (χ4v) is 1.59. The van der Waals surface area contributed by atoms with Gasteiger partial charge in [-0.1, -0.05) is 0 Å². The number of halogens is 1. The van der Waals surface area contributed by atoms with Crippen LogP contribution in [0.15, 0.2) is 4.99 Å². The third-order valence-corrected chi connectivity index (χ3v) is 4.36. The molecule has 0 saturated carbocycles. The molecule has 0 rings (SSSR count). The number of hydrogen-bond donors (Lipinski definition) is 3. The summed E-state index contributed by atoms with van der Waals surface area (Å²) in [6, 6.07) is 0. The van der Waals surface area contributed by atoms with Crippen molar-refractivity contribution in [3.63, 3.8) is 0 Å². The fourth-order valence-electron chi connectivity index (χ4n) is 1.37. The number of rotatable bonds is 7. The number of guanidine groups is 1. The summed E-state index contributed by atoms with van der Waals surface area (Å²) >= 11 is 1.81. The Kier molecular flexibility index (Phi) is 11.6. The molecule has 0 radical (unpaired) electrons. The summed E-state index contributed by atoms with van der Waals surface area (Å²) < 4.78 is 0.146. The van der Waals surface area contributed by atoms with Crippen molar-refractivity contribution in [1.29, 1.82) is 0 Å². The van der Waals surface area contributed by atoms with Gasteiger partial charge in [-0.2, -0.15) is 11.8 Å². The fraction of sp³-hybridized carbons (Fsp3) is 0.857. The number of nitrogens with one attached hydrogen (secondary N) is 3. The first-order chi connectivity index (χ1) is 9.18. The van der Waals surface area contributed by atoms with Gasteiger partial charge in [-0.25, -0.2) is 0 Å². The van der Waals surface area contributed by atoms with Crippen molar-refractivity contribution in [1.82, 2.24) is 16.0 Å². The monoisotopic (exact) mass is 430 g/mol. The van der Waals surface area contributed by atoms with E-state index in [0.29, 0.717) is 13.1 Å². The Morgan fingerprint density at radius 1 is 1.10 bits per heavy atom.